The molecule has 0 fully saturated rings. The van der Waals surface area contributed by atoms with Crippen LogP contribution in [-0.2, 0) is 0 Å². The average Bonchev–Trinajstić information content (AvgIpc) is 2.43. The number of benzene rings is 1. The summed E-state index contributed by atoms with van der Waals surface area (Å²) in [7, 11) is 0. The molecule has 0 aliphatic heterocycles. The van der Waals surface area contributed by atoms with E-state index in [9.17, 15) is 4.79 Å². The number of rotatable bonds is 8. The lowest BCUT2D eigenvalue weighted by Crippen LogP contribution is -2.38. The van der Waals surface area contributed by atoms with Crippen LogP contribution in [0.25, 0.3) is 0 Å². The van der Waals surface area contributed by atoms with Gasteiger partial charge in [-0.25, -0.2) is 4.79 Å². The Balaban J connectivity index is 2.08. The fourth-order valence-corrected chi connectivity index (χ4v) is 2.41. The van der Waals surface area contributed by atoms with Gasteiger partial charge in [-0.1, -0.05) is 18.5 Å². The van der Waals surface area contributed by atoms with Crippen LogP contribution in [0, 0.1) is 5.92 Å². The zero-order valence-electron chi connectivity index (χ0n) is 11.6. The number of urea groups is 1. The summed E-state index contributed by atoms with van der Waals surface area (Å²) in [6.07, 6.45) is 0.701. The van der Waals surface area contributed by atoms with Crippen molar-refractivity contribution in [3.63, 3.8) is 0 Å². The maximum Gasteiger partial charge on any atom is 0.314 e. The highest BCUT2D eigenvalue weighted by atomic mass is 35.5. The van der Waals surface area contributed by atoms with E-state index < -0.39 is 0 Å². The normalized spacial score (nSPS) is 11.9. The van der Waals surface area contributed by atoms with Gasteiger partial charge in [-0.2, -0.15) is 0 Å². The van der Waals surface area contributed by atoms with Crippen molar-refractivity contribution in [3.8, 4) is 0 Å². The van der Waals surface area contributed by atoms with E-state index in [0.717, 1.165) is 15.7 Å². The van der Waals surface area contributed by atoms with Crippen LogP contribution < -0.4 is 10.6 Å². The highest BCUT2D eigenvalue weighted by Crippen LogP contribution is 2.19. The molecule has 0 radical (unpaired) electrons. The van der Waals surface area contributed by atoms with Crippen LogP contribution in [0.5, 0.6) is 0 Å². The summed E-state index contributed by atoms with van der Waals surface area (Å²) in [5, 5.41) is 15.1. The monoisotopic (exact) mass is 316 g/mol. The first kappa shape index (κ1) is 17.1. The number of hydrogen-bond acceptors (Lipinski definition) is 3. The molecule has 0 aliphatic carbocycles. The zero-order valence-corrected chi connectivity index (χ0v) is 13.1. The van der Waals surface area contributed by atoms with E-state index in [0.29, 0.717) is 19.5 Å². The summed E-state index contributed by atoms with van der Waals surface area (Å²) < 4.78 is 0. The largest absolute Gasteiger partial charge is 0.396 e. The van der Waals surface area contributed by atoms with E-state index in [1.165, 1.54) is 0 Å². The number of hydrogen-bond donors (Lipinski definition) is 3. The second-order valence-corrected chi connectivity index (χ2v) is 6.16. The molecule has 1 atom stereocenters. The standard InChI is InChI=1S/C14H21ClN2O2S/c1-11(6-8-18)10-17-14(19)16-7-9-20-13-4-2-12(15)3-5-13/h2-5,11,18H,6-10H2,1H3,(H2,16,17,19). The van der Waals surface area contributed by atoms with Gasteiger partial charge in [-0.3, -0.25) is 0 Å². The number of nitrogens with one attached hydrogen (secondary N) is 2. The molecule has 112 valence electrons. The van der Waals surface area contributed by atoms with E-state index >= 15 is 0 Å². The number of carbonyl (C=O) groups is 1. The molecule has 0 spiro atoms. The maximum atomic E-state index is 11.5. The van der Waals surface area contributed by atoms with Gasteiger partial charge in [0.2, 0.25) is 0 Å². The molecule has 1 aromatic rings. The van der Waals surface area contributed by atoms with Crippen molar-refractivity contribution in [1.29, 1.82) is 0 Å². The molecule has 6 heteroatoms. The molecule has 4 nitrogen and oxygen atoms in total. The van der Waals surface area contributed by atoms with E-state index in [4.69, 9.17) is 16.7 Å². The number of thioether (sulfide) groups is 1. The summed E-state index contributed by atoms with van der Waals surface area (Å²) in [6.45, 7) is 3.33. The predicted molar refractivity (Wildman–Crippen MR) is 84.4 cm³/mol. The Hall–Kier alpha value is -0.910. The summed E-state index contributed by atoms with van der Waals surface area (Å²) in [5.74, 6) is 1.09. The van der Waals surface area contributed by atoms with Crippen molar-refractivity contribution in [1.82, 2.24) is 10.6 Å². The SMILES string of the molecule is CC(CCO)CNC(=O)NCCSc1ccc(Cl)cc1. The van der Waals surface area contributed by atoms with Crippen LogP contribution in [0.2, 0.25) is 5.02 Å². The van der Waals surface area contributed by atoms with Gasteiger partial charge >= 0.3 is 6.03 Å². The van der Waals surface area contributed by atoms with Gasteiger partial charge in [0.25, 0.3) is 0 Å². The maximum absolute atomic E-state index is 11.5. The first-order chi connectivity index (χ1) is 9.61. The Morgan fingerprint density at radius 1 is 1.35 bits per heavy atom. The molecule has 0 heterocycles. The molecule has 20 heavy (non-hydrogen) atoms. The molecule has 0 bridgehead atoms. The Kier molecular flexibility index (Phi) is 8.49. The van der Waals surface area contributed by atoms with Gasteiger partial charge in [-0.05, 0) is 36.6 Å². The molecule has 0 saturated heterocycles. The number of carbonyl (C=O) groups excluding carboxylic acids is 1. The second kappa shape index (κ2) is 9.91. The minimum absolute atomic E-state index is 0.155. The lowest BCUT2D eigenvalue weighted by Gasteiger charge is -2.12. The first-order valence-electron chi connectivity index (χ1n) is 6.62. The van der Waals surface area contributed by atoms with Crippen LogP contribution in [0.15, 0.2) is 29.2 Å². The summed E-state index contributed by atoms with van der Waals surface area (Å²) in [5.41, 5.74) is 0. The predicted octanol–water partition coefficient (Wildman–Crippen LogP) is 2.75. The van der Waals surface area contributed by atoms with Gasteiger partial charge in [0, 0.05) is 35.4 Å². The van der Waals surface area contributed by atoms with Crippen LogP contribution in [0.3, 0.4) is 0 Å². The molecule has 0 saturated carbocycles. The Morgan fingerprint density at radius 2 is 2.05 bits per heavy atom. The molecule has 1 unspecified atom stereocenters. The minimum Gasteiger partial charge on any atom is -0.396 e. The Bertz CT molecular complexity index is 401. The van der Waals surface area contributed by atoms with Crippen molar-refractivity contribution in [2.24, 2.45) is 5.92 Å². The van der Waals surface area contributed by atoms with Crippen molar-refractivity contribution in [2.75, 3.05) is 25.4 Å². The highest BCUT2D eigenvalue weighted by molar-refractivity contribution is 7.99. The number of amides is 2. The zero-order chi connectivity index (χ0) is 14.8. The fraction of sp³-hybridized carbons (Fsp3) is 0.500. The summed E-state index contributed by atoms with van der Waals surface area (Å²) >= 11 is 7.48. The van der Waals surface area contributed by atoms with E-state index in [-0.39, 0.29) is 18.6 Å². The minimum atomic E-state index is -0.161. The van der Waals surface area contributed by atoms with Gasteiger partial charge in [0.05, 0.1) is 0 Å². The fourth-order valence-electron chi connectivity index (χ4n) is 1.52. The van der Waals surface area contributed by atoms with E-state index in [1.807, 2.05) is 31.2 Å². The highest BCUT2D eigenvalue weighted by Gasteiger charge is 2.04. The topological polar surface area (TPSA) is 61.4 Å². The lowest BCUT2D eigenvalue weighted by atomic mass is 10.1. The first-order valence-corrected chi connectivity index (χ1v) is 7.99. The van der Waals surface area contributed by atoms with Crippen molar-refractivity contribution in [2.45, 2.75) is 18.2 Å². The van der Waals surface area contributed by atoms with Crippen molar-refractivity contribution < 1.29 is 9.90 Å². The molecule has 3 N–H and O–H groups in total. The van der Waals surface area contributed by atoms with Gasteiger partial charge in [0.1, 0.15) is 0 Å². The third kappa shape index (κ3) is 7.62. The van der Waals surface area contributed by atoms with Crippen molar-refractivity contribution in [3.05, 3.63) is 29.3 Å². The van der Waals surface area contributed by atoms with Crippen LogP contribution in [-0.4, -0.2) is 36.6 Å². The average molecular weight is 317 g/mol. The molecule has 1 rings (SSSR count). The van der Waals surface area contributed by atoms with Gasteiger partial charge in [0.15, 0.2) is 0 Å². The van der Waals surface area contributed by atoms with Crippen LogP contribution in [0.1, 0.15) is 13.3 Å². The molecule has 1 aromatic carbocycles. The molecular formula is C14H21ClN2O2S. The van der Waals surface area contributed by atoms with Crippen LogP contribution in [0.4, 0.5) is 4.79 Å². The van der Waals surface area contributed by atoms with Crippen molar-refractivity contribution >= 4 is 29.4 Å². The number of aliphatic hydroxyl groups excluding tert-OH is 1. The van der Waals surface area contributed by atoms with Gasteiger partial charge in [-0.15, -0.1) is 11.8 Å². The second-order valence-electron chi connectivity index (χ2n) is 4.56. The Morgan fingerprint density at radius 3 is 2.70 bits per heavy atom. The molecular weight excluding hydrogens is 296 g/mol. The smallest absolute Gasteiger partial charge is 0.314 e. The molecule has 0 aliphatic rings. The molecule has 0 aromatic heterocycles. The lowest BCUT2D eigenvalue weighted by molar-refractivity contribution is 0.234. The van der Waals surface area contributed by atoms with Crippen LogP contribution >= 0.6 is 23.4 Å². The van der Waals surface area contributed by atoms with Gasteiger partial charge < -0.3 is 15.7 Å². The number of halogens is 1. The van der Waals surface area contributed by atoms with E-state index in [1.54, 1.807) is 11.8 Å². The third-order valence-corrected chi connectivity index (χ3v) is 3.97. The summed E-state index contributed by atoms with van der Waals surface area (Å²) in [6, 6.07) is 7.47. The summed E-state index contributed by atoms with van der Waals surface area (Å²) in [4.78, 5) is 12.6. The molecule has 2 amide bonds. The Labute approximate surface area is 129 Å². The number of aliphatic hydroxyl groups is 1. The third-order valence-electron chi connectivity index (χ3n) is 2.70. The van der Waals surface area contributed by atoms with E-state index in [2.05, 4.69) is 10.6 Å². The quantitative estimate of drug-likeness (QED) is 0.510.